The fourth-order valence-corrected chi connectivity index (χ4v) is 4.60. The zero-order valence-corrected chi connectivity index (χ0v) is 18.6. The SMILES string of the molecule is COCCN1C(=O)C(CC(=O)NCc2ccc(-c3ccc(OC)cc3)cc2)SC1=S. The second-order valence-corrected chi connectivity index (χ2v) is 8.60. The van der Waals surface area contributed by atoms with Gasteiger partial charge < -0.3 is 14.8 Å². The summed E-state index contributed by atoms with van der Waals surface area (Å²) >= 11 is 6.51. The van der Waals surface area contributed by atoms with Crippen molar-refractivity contribution in [3.63, 3.8) is 0 Å². The predicted molar refractivity (Wildman–Crippen MR) is 122 cm³/mol. The fraction of sp³-hybridized carbons (Fsp3) is 0.318. The van der Waals surface area contributed by atoms with E-state index in [2.05, 4.69) is 5.32 Å². The first-order valence-corrected chi connectivity index (χ1v) is 10.8. The van der Waals surface area contributed by atoms with Crippen molar-refractivity contribution in [3.8, 4) is 16.9 Å². The molecule has 1 saturated heterocycles. The molecular weight excluding hydrogens is 420 g/mol. The van der Waals surface area contributed by atoms with Crippen molar-refractivity contribution in [2.75, 3.05) is 27.4 Å². The third-order valence-corrected chi connectivity index (χ3v) is 6.35. The van der Waals surface area contributed by atoms with Gasteiger partial charge in [0, 0.05) is 20.1 Å². The number of rotatable bonds is 9. The lowest BCUT2D eigenvalue weighted by Crippen LogP contribution is -2.36. The Labute approximate surface area is 185 Å². The van der Waals surface area contributed by atoms with Gasteiger partial charge in [0.05, 0.1) is 25.5 Å². The van der Waals surface area contributed by atoms with Gasteiger partial charge in [-0.2, -0.15) is 0 Å². The molecule has 1 atom stereocenters. The Balaban J connectivity index is 1.50. The van der Waals surface area contributed by atoms with Crippen molar-refractivity contribution in [3.05, 3.63) is 54.1 Å². The van der Waals surface area contributed by atoms with Crippen LogP contribution in [0.25, 0.3) is 11.1 Å². The predicted octanol–water partition coefficient (Wildman–Crippen LogP) is 3.24. The second-order valence-electron chi connectivity index (χ2n) is 6.76. The van der Waals surface area contributed by atoms with E-state index in [4.69, 9.17) is 21.7 Å². The quantitative estimate of drug-likeness (QED) is 0.599. The van der Waals surface area contributed by atoms with Crippen LogP contribution < -0.4 is 10.1 Å². The minimum atomic E-state index is -0.466. The summed E-state index contributed by atoms with van der Waals surface area (Å²) in [6.45, 7) is 1.24. The molecule has 0 bridgehead atoms. The number of carbonyl (C=O) groups excluding carboxylic acids is 2. The Morgan fingerprint density at radius 2 is 1.73 bits per heavy atom. The van der Waals surface area contributed by atoms with E-state index in [1.54, 1.807) is 14.2 Å². The largest absolute Gasteiger partial charge is 0.497 e. The first-order chi connectivity index (χ1) is 14.5. The molecule has 0 saturated carbocycles. The number of thiocarbonyl (C=S) groups is 1. The van der Waals surface area contributed by atoms with Crippen LogP contribution in [0.1, 0.15) is 12.0 Å². The molecule has 6 nitrogen and oxygen atoms in total. The zero-order valence-electron chi connectivity index (χ0n) is 16.9. The lowest BCUT2D eigenvalue weighted by Gasteiger charge is -2.14. The molecule has 8 heteroatoms. The van der Waals surface area contributed by atoms with Crippen LogP contribution in [0.2, 0.25) is 0 Å². The molecule has 1 fully saturated rings. The Hall–Kier alpha value is -2.42. The Kier molecular flexibility index (Phi) is 7.84. The van der Waals surface area contributed by atoms with Crippen molar-refractivity contribution >= 4 is 40.1 Å². The first-order valence-electron chi connectivity index (χ1n) is 9.53. The van der Waals surface area contributed by atoms with Crippen molar-refractivity contribution < 1.29 is 19.1 Å². The number of amides is 2. The molecule has 1 aliphatic heterocycles. The molecule has 3 rings (SSSR count). The van der Waals surface area contributed by atoms with Gasteiger partial charge in [-0.1, -0.05) is 60.4 Å². The van der Waals surface area contributed by atoms with Crippen LogP contribution in [-0.2, 0) is 20.9 Å². The monoisotopic (exact) mass is 444 g/mol. The fourth-order valence-electron chi connectivity index (χ4n) is 3.05. The molecular formula is C22H24N2O4S2. The molecule has 1 aliphatic rings. The van der Waals surface area contributed by atoms with Gasteiger partial charge in [-0.25, -0.2) is 0 Å². The molecule has 0 aromatic heterocycles. The highest BCUT2D eigenvalue weighted by Crippen LogP contribution is 2.29. The summed E-state index contributed by atoms with van der Waals surface area (Å²) < 4.78 is 10.7. The Bertz CT molecular complexity index is 900. The van der Waals surface area contributed by atoms with E-state index >= 15 is 0 Å². The van der Waals surface area contributed by atoms with E-state index in [0.717, 1.165) is 22.4 Å². The molecule has 2 aromatic rings. The number of hydrogen-bond acceptors (Lipinski definition) is 6. The third-order valence-electron chi connectivity index (χ3n) is 4.76. The van der Waals surface area contributed by atoms with E-state index in [9.17, 15) is 9.59 Å². The summed E-state index contributed by atoms with van der Waals surface area (Å²) in [5.74, 6) is 0.525. The third kappa shape index (κ3) is 5.59. The van der Waals surface area contributed by atoms with Crippen LogP contribution in [0.3, 0.4) is 0 Å². The summed E-state index contributed by atoms with van der Waals surface area (Å²) in [4.78, 5) is 26.3. The van der Waals surface area contributed by atoms with Gasteiger partial charge in [0.15, 0.2) is 0 Å². The van der Waals surface area contributed by atoms with E-state index < -0.39 is 5.25 Å². The maximum absolute atomic E-state index is 12.4. The number of carbonyl (C=O) groups is 2. The van der Waals surface area contributed by atoms with Gasteiger partial charge in [-0.3, -0.25) is 14.5 Å². The van der Waals surface area contributed by atoms with Crippen LogP contribution in [0.15, 0.2) is 48.5 Å². The van der Waals surface area contributed by atoms with Gasteiger partial charge in [-0.15, -0.1) is 0 Å². The maximum Gasteiger partial charge on any atom is 0.242 e. The van der Waals surface area contributed by atoms with Crippen LogP contribution in [0.4, 0.5) is 0 Å². The number of nitrogens with one attached hydrogen (secondary N) is 1. The zero-order chi connectivity index (χ0) is 21.5. The highest BCUT2D eigenvalue weighted by atomic mass is 32.2. The van der Waals surface area contributed by atoms with Gasteiger partial charge in [0.1, 0.15) is 10.1 Å². The number of hydrogen-bond donors (Lipinski definition) is 1. The molecule has 158 valence electrons. The normalized spacial score (nSPS) is 16.1. The standard InChI is InChI=1S/C22H24N2O4S2/c1-27-12-11-24-21(26)19(30-22(24)29)13-20(25)23-14-15-3-5-16(6-4-15)17-7-9-18(28-2)10-8-17/h3-10,19H,11-14H2,1-2H3,(H,23,25). The molecule has 1 N–H and O–H groups in total. The number of methoxy groups -OCH3 is 2. The van der Waals surface area contributed by atoms with Gasteiger partial charge >= 0.3 is 0 Å². The molecule has 1 heterocycles. The lowest BCUT2D eigenvalue weighted by molar-refractivity contribution is -0.129. The average molecular weight is 445 g/mol. The molecule has 0 spiro atoms. The molecule has 1 unspecified atom stereocenters. The van der Waals surface area contributed by atoms with Crippen LogP contribution >= 0.6 is 24.0 Å². The minimum absolute atomic E-state index is 0.108. The van der Waals surface area contributed by atoms with Crippen molar-refractivity contribution in [2.45, 2.75) is 18.2 Å². The van der Waals surface area contributed by atoms with E-state index in [1.165, 1.54) is 16.7 Å². The van der Waals surface area contributed by atoms with E-state index in [0.29, 0.717) is 24.0 Å². The number of thioether (sulfide) groups is 1. The molecule has 2 aromatic carbocycles. The first kappa shape index (κ1) is 22.3. The van der Waals surface area contributed by atoms with E-state index in [1.807, 2.05) is 48.5 Å². The molecule has 2 amide bonds. The Morgan fingerprint density at radius 1 is 1.10 bits per heavy atom. The minimum Gasteiger partial charge on any atom is -0.497 e. The van der Waals surface area contributed by atoms with E-state index in [-0.39, 0.29) is 18.2 Å². The Morgan fingerprint density at radius 3 is 2.33 bits per heavy atom. The van der Waals surface area contributed by atoms with Gasteiger partial charge in [0.2, 0.25) is 11.8 Å². The smallest absolute Gasteiger partial charge is 0.242 e. The number of benzene rings is 2. The number of nitrogens with zero attached hydrogens (tertiary/aromatic N) is 1. The molecule has 0 aliphatic carbocycles. The van der Waals surface area contributed by atoms with Crippen molar-refractivity contribution in [1.82, 2.24) is 10.2 Å². The maximum atomic E-state index is 12.4. The second kappa shape index (κ2) is 10.6. The van der Waals surface area contributed by atoms with Crippen molar-refractivity contribution in [2.24, 2.45) is 0 Å². The highest BCUT2D eigenvalue weighted by Gasteiger charge is 2.37. The van der Waals surface area contributed by atoms with Crippen LogP contribution in [-0.4, -0.2) is 53.7 Å². The number of ether oxygens (including phenoxy) is 2. The summed E-state index contributed by atoms with van der Waals surface area (Å²) in [6.07, 6.45) is 0.108. The van der Waals surface area contributed by atoms with Crippen LogP contribution in [0.5, 0.6) is 5.75 Å². The van der Waals surface area contributed by atoms with Gasteiger partial charge in [0.25, 0.3) is 0 Å². The average Bonchev–Trinajstić information content (AvgIpc) is 3.03. The summed E-state index contributed by atoms with van der Waals surface area (Å²) in [5, 5.41) is 2.42. The van der Waals surface area contributed by atoms with Crippen molar-refractivity contribution in [1.29, 1.82) is 0 Å². The summed E-state index contributed by atoms with van der Waals surface area (Å²) in [7, 11) is 3.22. The summed E-state index contributed by atoms with van der Waals surface area (Å²) in [5.41, 5.74) is 3.17. The summed E-state index contributed by atoms with van der Waals surface area (Å²) in [6, 6.07) is 15.9. The molecule has 0 radical (unpaired) electrons. The lowest BCUT2D eigenvalue weighted by atomic mass is 10.0. The molecule has 30 heavy (non-hydrogen) atoms. The van der Waals surface area contributed by atoms with Crippen LogP contribution in [0, 0.1) is 0 Å². The highest BCUT2D eigenvalue weighted by molar-refractivity contribution is 8.24. The topological polar surface area (TPSA) is 67.9 Å². The van der Waals surface area contributed by atoms with Gasteiger partial charge in [-0.05, 0) is 28.8 Å².